The maximum atomic E-state index is 13.5. The molecule has 0 unspecified atom stereocenters. The van der Waals surface area contributed by atoms with Gasteiger partial charge in [0, 0.05) is 7.05 Å². The number of carbonyl (C=O) groups is 1. The minimum atomic E-state index is -0.988. The van der Waals surface area contributed by atoms with Gasteiger partial charge in [-0.25, -0.2) is 9.18 Å². The third kappa shape index (κ3) is 4.33. The molecule has 0 saturated heterocycles. The van der Waals surface area contributed by atoms with Crippen molar-refractivity contribution in [3.8, 4) is 0 Å². The normalized spacial score (nSPS) is 11.2. The van der Waals surface area contributed by atoms with Gasteiger partial charge in [0.1, 0.15) is 5.82 Å². The van der Waals surface area contributed by atoms with Crippen LogP contribution >= 0.6 is 0 Å². The van der Waals surface area contributed by atoms with Gasteiger partial charge in [0.25, 0.3) is 0 Å². The topological polar surface area (TPSA) is 52.6 Å². The van der Waals surface area contributed by atoms with E-state index in [4.69, 9.17) is 0 Å². The number of urea groups is 1. The molecule has 0 aliphatic rings. The molecule has 0 atom stereocenters. The SMILES string of the molecule is Cc1ccc(NC(=O)N(C)CC(C)(C)O)c(F)c1. The van der Waals surface area contributed by atoms with Crippen molar-refractivity contribution in [1.29, 1.82) is 0 Å². The van der Waals surface area contributed by atoms with Gasteiger partial charge in [-0.15, -0.1) is 0 Å². The van der Waals surface area contributed by atoms with Gasteiger partial charge < -0.3 is 15.3 Å². The molecular formula is C13H19FN2O2. The Morgan fingerprint density at radius 3 is 2.61 bits per heavy atom. The number of carbonyl (C=O) groups excluding carboxylic acids is 1. The molecule has 0 aliphatic heterocycles. The summed E-state index contributed by atoms with van der Waals surface area (Å²) in [4.78, 5) is 13.1. The number of nitrogens with zero attached hydrogens (tertiary/aromatic N) is 1. The minimum absolute atomic E-state index is 0.133. The minimum Gasteiger partial charge on any atom is -0.389 e. The molecule has 0 aliphatic carbocycles. The highest BCUT2D eigenvalue weighted by molar-refractivity contribution is 5.89. The molecule has 1 rings (SSSR count). The van der Waals surface area contributed by atoms with Gasteiger partial charge in [-0.2, -0.15) is 0 Å². The van der Waals surface area contributed by atoms with Crippen LogP contribution in [0, 0.1) is 12.7 Å². The highest BCUT2D eigenvalue weighted by Gasteiger charge is 2.19. The van der Waals surface area contributed by atoms with Crippen molar-refractivity contribution in [3.05, 3.63) is 29.6 Å². The molecule has 0 radical (unpaired) electrons. The van der Waals surface area contributed by atoms with Crippen molar-refractivity contribution in [2.75, 3.05) is 18.9 Å². The highest BCUT2D eigenvalue weighted by Crippen LogP contribution is 2.16. The number of hydrogen-bond acceptors (Lipinski definition) is 2. The van der Waals surface area contributed by atoms with Crippen LogP contribution in [0.25, 0.3) is 0 Å². The summed E-state index contributed by atoms with van der Waals surface area (Å²) in [6.45, 7) is 5.13. The summed E-state index contributed by atoms with van der Waals surface area (Å²) in [6.07, 6.45) is 0. The van der Waals surface area contributed by atoms with E-state index in [1.54, 1.807) is 33.9 Å². The van der Waals surface area contributed by atoms with Crippen molar-refractivity contribution >= 4 is 11.7 Å². The molecule has 0 fully saturated rings. The number of aliphatic hydroxyl groups is 1. The average molecular weight is 254 g/mol. The molecule has 0 heterocycles. The van der Waals surface area contributed by atoms with E-state index in [0.29, 0.717) is 0 Å². The van der Waals surface area contributed by atoms with E-state index in [1.165, 1.54) is 17.0 Å². The number of benzene rings is 1. The second-order valence-corrected chi connectivity index (χ2v) is 5.08. The van der Waals surface area contributed by atoms with E-state index in [1.807, 2.05) is 0 Å². The van der Waals surface area contributed by atoms with E-state index >= 15 is 0 Å². The molecule has 0 spiro atoms. The van der Waals surface area contributed by atoms with E-state index in [0.717, 1.165) is 5.56 Å². The van der Waals surface area contributed by atoms with Gasteiger partial charge in [0.05, 0.1) is 17.8 Å². The van der Waals surface area contributed by atoms with Crippen LogP contribution < -0.4 is 5.32 Å². The zero-order valence-electron chi connectivity index (χ0n) is 11.1. The third-order valence-corrected chi connectivity index (χ3v) is 2.34. The number of halogens is 1. The van der Waals surface area contributed by atoms with Gasteiger partial charge >= 0.3 is 6.03 Å². The van der Waals surface area contributed by atoms with Crippen molar-refractivity contribution in [2.45, 2.75) is 26.4 Å². The smallest absolute Gasteiger partial charge is 0.321 e. The first-order valence-electron chi connectivity index (χ1n) is 5.70. The second-order valence-electron chi connectivity index (χ2n) is 5.08. The Labute approximate surface area is 106 Å². The van der Waals surface area contributed by atoms with E-state index < -0.39 is 17.4 Å². The number of amides is 2. The summed E-state index contributed by atoms with van der Waals surface area (Å²) in [5.74, 6) is -0.472. The molecule has 0 aromatic heterocycles. The second kappa shape index (κ2) is 5.35. The summed E-state index contributed by atoms with van der Waals surface area (Å²) in [5, 5.41) is 12.1. The molecule has 1 aromatic rings. The Morgan fingerprint density at radius 2 is 2.11 bits per heavy atom. The van der Waals surface area contributed by atoms with Crippen molar-refractivity contribution in [2.24, 2.45) is 0 Å². The van der Waals surface area contributed by atoms with Crippen molar-refractivity contribution in [3.63, 3.8) is 0 Å². The number of rotatable bonds is 3. The average Bonchev–Trinajstić information content (AvgIpc) is 2.19. The fraction of sp³-hybridized carbons (Fsp3) is 0.462. The number of nitrogens with one attached hydrogen (secondary N) is 1. The van der Waals surface area contributed by atoms with Gasteiger partial charge in [-0.05, 0) is 38.5 Å². The van der Waals surface area contributed by atoms with Crippen LogP contribution in [0.15, 0.2) is 18.2 Å². The third-order valence-electron chi connectivity index (χ3n) is 2.34. The highest BCUT2D eigenvalue weighted by atomic mass is 19.1. The van der Waals surface area contributed by atoms with Gasteiger partial charge in [-0.3, -0.25) is 0 Å². The Hall–Kier alpha value is -1.62. The lowest BCUT2D eigenvalue weighted by Crippen LogP contribution is -2.41. The van der Waals surface area contributed by atoms with E-state index in [-0.39, 0.29) is 12.2 Å². The predicted octanol–water partition coefficient (Wildman–Crippen LogP) is 2.37. The number of hydrogen-bond donors (Lipinski definition) is 2. The van der Waals surface area contributed by atoms with E-state index in [9.17, 15) is 14.3 Å². The largest absolute Gasteiger partial charge is 0.389 e. The molecule has 0 bridgehead atoms. The lowest BCUT2D eigenvalue weighted by atomic mass is 10.1. The van der Waals surface area contributed by atoms with Crippen LogP contribution in [0.1, 0.15) is 19.4 Å². The molecule has 0 saturated carbocycles. The molecule has 5 heteroatoms. The number of aryl methyl sites for hydroxylation is 1. The van der Waals surface area contributed by atoms with Crippen LogP contribution in [-0.4, -0.2) is 35.2 Å². The first-order valence-corrected chi connectivity index (χ1v) is 5.70. The summed E-state index contributed by atoms with van der Waals surface area (Å²) < 4.78 is 13.5. The summed E-state index contributed by atoms with van der Waals surface area (Å²) in [7, 11) is 1.54. The Balaban J connectivity index is 2.70. The van der Waals surface area contributed by atoms with Gasteiger partial charge in [-0.1, -0.05) is 6.07 Å². The van der Waals surface area contributed by atoms with Crippen LogP contribution in [0.2, 0.25) is 0 Å². The lowest BCUT2D eigenvalue weighted by molar-refractivity contribution is 0.0550. The zero-order valence-corrected chi connectivity index (χ0v) is 11.1. The van der Waals surface area contributed by atoms with E-state index in [2.05, 4.69) is 5.32 Å². The van der Waals surface area contributed by atoms with Crippen molar-refractivity contribution in [1.82, 2.24) is 4.90 Å². The molecular weight excluding hydrogens is 235 g/mol. The summed E-state index contributed by atoms with van der Waals surface area (Å²) >= 11 is 0. The summed E-state index contributed by atoms with van der Waals surface area (Å²) in [5.41, 5.74) is -0.0682. The maximum absolute atomic E-state index is 13.5. The van der Waals surface area contributed by atoms with Crippen LogP contribution in [0.3, 0.4) is 0 Å². The first-order chi connectivity index (χ1) is 8.19. The Morgan fingerprint density at radius 1 is 1.50 bits per heavy atom. The predicted molar refractivity (Wildman–Crippen MR) is 69.1 cm³/mol. The molecule has 4 nitrogen and oxygen atoms in total. The number of anilines is 1. The quantitative estimate of drug-likeness (QED) is 0.870. The first kappa shape index (κ1) is 14.4. The monoisotopic (exact) mass is 254 g/mol. The zero-order chi connectivity index (χ0) is 13.9. The fourth-order valence-electron chi connectivity index (χ4n) is 1.58. The Bertz CT molecular complexity index is 441. The van der Waals surface area contributed by atoms with Gasteiger partial charge in [0.15, 0.2) is 0 Å². The molecule has 1 aromatic carbocycles. The van der Waals surface area contributed by atoms with Crippen molar-refractivity contribution < 1.29 is 14.3 Å². The maximum Gasteiger partial charge on any atom is 0.321 e. The Kier molecular flexibility index (Phi) is 4.29. The number of likely N-dealkylation sites (N-methyl/N-ethyl adjacent to an activating group) is 1. The summed E-state index contributed by atoms with van der Waals surface area (Å²) in [6, 6.07) is 4.13. The molecule has 2 N–H and O–H groups in total. The lowest BCUT2D eigenvalue weighted by Gasteiger charge is -2.25. The molecule has 100 valence electrons. The fourth-order valence-corrected chi connectivity index (χ4v) is 1.58. The van der Waals surface area contributed by atoms with Crippen LogP contribution in [0.4, 0.5) is 14.9 Å². The van der Waals surface area contributed by atoms with Crippen LogP contribution in [-0.2, 0) is 0 Å². The molecule has 18 heavy (non-hydrogen) atoms. The van der Waals surface area contributed by atoms with Gasteiger partial charge in [0.2, 0.25) is 0 Å². The molecule has 2 amide bonds. The standard InChI is InChI=1S/C13H19FN2O2/c1-9-5-6-11(10(14)7-9)15-12(17)16(4)8-13(2,3)18/h5-7,18H,8H2,1-4H3,(H,15,17). The van der Waals surface area contributed by atoms with Crippen LogP contribution in [0.5, 0.6) is 0 Å².